The Morgan fingerprint density at radius 1 is 1.25 bits per heavy atom. The minimum absolute atomic E-state index is 0.844. The molecule has 2 aromatic rings. The lowest BCUT2D eigenvalue weighted by molar-refractivity contribution is 0.800. The van der Waals surface area contributed by atoms with Gasteiger partial charge in [0.1, 0.15) is 5.82 Å². The lowest BCUT2D eigenvalue weighted by atomic mass is 10.2. The molecule has 0 atom stereocenters. The number of hydrogen-bond donors (Lipinski definition) is 1. The van der Waals surface area contributed by atoms with Gasteiger partial charge in [0.15, 0.2) is 0 Å². The summed E-state index contributed by atoms with van der Waals surface area (Å²) in [5.74, 6) is 1.00. The van der Waals surface area contributed by atoms with Crippen LogP contribution in [0.2, 0.25) is 0 Å². The maximum atomic E-state index is 4.68. The van der Waals surface area contributed by atoms with Crippen LogP contribution in [0, 0.1) is 6.92 Å². The van der Waals surface area contributed by atoms with Crippen molar-refractivity contribution in [2.45, 2.75) is 20.0 Å². The summed E-state index contributed by atoms with van der Waals surface area (Å²) in [6, 6.07) is 12.6. The molecule has 0 amide bonds. The molecule has 0 saturated heterocycles. The molecule has 0 aliphatic rings. The Hall–Kier alpha value is -1.39. The van der Waals surface area contributed by atoms with Crippen LogP contribution in [0.3, 0.4) is 0 Å². The number of pyridine rings is 1. The van der Waals surface area contributed by atoms with E-state index in [0.29, 0.717) is 0 Å². The van der Waals surface area contributed by atoms with E-state index in [0.717, 1.165) is 29.1 Å². The van der Waals surface area contributed by atoms with Gasteiger partial charge in [-0.05, 0) is 43.3 Å². The number of hydrogen-bond acceptors (Lipinski definition) is 3. The van der Waals surface area contributed by atoms with E-state index >= 15 is 0 Å². The molecule has 0 spiro atoms. The summed E-state index contributed by atoms with van der Waals surface area (Å²) in [6.45, 7) is 3.76. The number of nitrogens with one attached hydrogen (secondary N) is 1. The average molecular weight is 334 g/mol. The Bertz CT molecular complexity index is 584. The number of benzene rings is 1. The molecule has 3 nitrogen and oxygen atoms in total. The highest BCUT2D eigenvalue weighted by atomic mass is 79.9. The fourth-order valence-corrected chi connectivity index (χ4v) is 2.60. The van der Waals surface area contributed by atoms with Crippen LogP contribution in [0.1, 0.15) is 16.8 Å². The minimum atomic E-state index is 0.844. The van der Waals surface area contributed by atoms with Crippen molar-refractivity contribution in [3.05, 3.63) is 57.7 Å². The highest BCUT2D eigenvalue weighted by Crippen LogP contribution is 2.18. The van der Waals surface area contributed by atoms with Gasteiger partial charge in [0.05, 0.1) is 0 Å². The van der Waals surface area contributed by atoms with E-state index in [9.17, 15) is 0 Å². The summed E-state index contributed by atoms with van der Waals surface area (Å²) >= 11 is 3.51. The van der Waals surface area contributed by atoms with Crippen LogP contribution in [0.15, 0.2) is 40.9 Å². The predicted octanol–water partition coefficient (Wildman–Crippen LogP) is 3.51. The normalized spacial score (nSPS) is 10.6. The fourth-order valence-electron chi connectivity index (χ4n) is 2.16. The lowest BCUT2D eigenvalue weighted by Gasteiger charge is -2.19. The first-order valence-corrected chi connectivity index (χ1v) is 7.46. The zero-order valence-electron chi connectivity index (χ0n) is 12.2. The van der Waals surface area contributed by atoms with Gasteiger partial charge in [0.2, 0.25) is 0 Å². The first-order valence-electron chi connectivity index (χ1n) is 6.67. The van der Waals surface area contributed by atoms with Gasteiger partial charge in [-0.25, -0.2) is 4.98 Å². The molecule has 0 aliphatic heterocycles. The summed E-state index contributed by atoms with van der Waals surface area (Å²) in [5.41, 5.74) is 3.59. The molecule has 0 aliphatic carbocycles. The fraction of sp³-hybridized carbons (Fsp3) is 0.312. The van der Waals surface area contributed by atoms with Gasteiger partial charge in [0.25, 0.3) is 0 Å². The molecule has 1 heterocycles. The van der Waals surface area contributed by atoms with Crippen molar-refractivity contribution in [2.24, 2.45) is 0 Å². The van der Waals surface area contributed by atoms with Gasteiger partial charge in [-0.2, -0.15) is 0 Å². The zero-order valence-corrected chi connectivity index (χ0v) is 13.7. The largest absolute Gasteiger partial charge is 0.355 e. The smallest absolute Gasteiger partial charge is 0.128 e. The molecule has 0 saturated carbocycles. The Balaban J connectivity index is 2.13. The van der Waals surface area contributed by atoms with Gasteiger partial charge in [-0.3, -0.25) is 0 Å². The van der Waals surface area contributed by atoms with E-state index < -0.39 is 0 Å². The first-order chi connectivity index (χ1) is 9.60. The third-order valence-electron chi connectivity index (χ3n) is 3.25. The Kier molecular flexibility index (Phi) is 5.15. The Morgan fingerprint density at radius 2 is 2.05 bits per heavy atom. The van der Waals surface area contributed by atoms with Crippen molar-refractivity contribution in [3.63, 3.8) is 0 Å². The van der Waals surface area contributed by atoms with E-state index in [1.54, 1.807) is 0 Å². The quantitative estimate of drug-likeness (QED) is 0.907. The van der Waals surface area contributed by atoms with Crippen molar-refractivity contribution in [2.75, 3.05) is 19.0 Å². The number of rotatable bonds is 5. The van der Waals surface area contributed by atoms with Crippen LogP contribution in [0.4, 0.5) is 5.82 Å². The molecule has 4 heteroatoms. The third-order valence-corrected chi connectivity index (χ3v) is 3.74. The highest BCUT2D eigenvalue weighted by Gasteiger charge is 2.06. The average Bonchev–Trinajstić information content (AvgIpc) is 2.41. The van der Waals surface area contributed by atoms with Crippen LogP contribution in [-0.4, -0.2) is 19.1 Å². The zero-order chi connectivity index (χ0) is 14.5. The van der Waals surface area contributed by atoms with Crippen molar-refractivity contribution in [3.8, 4) is 0 Å². The molecular weight excluding hydrogens is 314 g/mol. The van der Waals surface area contributed by atoms with E-state index in [2.05, 4.69) is 75.4 Å². The second-order valence-corrected chi connectivity index (χ2v) is 5.85. The molecule has 0 radical (unpaired) electrons. The first kappa shape index (κ1) is 15.0. The number of aryl methyl sites for hydroxylation is 1. The molecule has 1 N–H and O–H groups in total. The lowest BCUT2D eigenvalue weighted by Crippen LogP contribution is -2.18. The summed E-state index contributed by atoms with van der Waals surface area (Å²) in [4.78, 5) is 6.85. The highest BCUT2D eigenvalue weighted by molar-refractivity contribution is 9.10. The monoisotopic (exact) mass is 333 g/mol. The van der Waals surface area contributed by atoms with Gasteiger partial charge in [-0.15, -0.1) is 0 Å². The summed E-state index contributed by atoms with van der Waals surface area (Å²) < 4.78 is 1.11. The summed E-state index contributed by atoms with van der Waals surface area (Å²) in [6.07, 6.45) is 0. The van der Waals surface area contributed by atoms with Crippen molar-refractivity contribution < 1.29 is 0 Å². The van der Waals surface area contributed by atoms with E-state index in [1.165, 1.54) is 11.1 Å². The maximum Gasteiger partial charge on any atom is 0.128 e. The molecule has 106 valence electrons. The van der Waals surface area contributed by atoms with Crippen LogP contribution in [0.25, 0.3) is 0 Å². The molecule has 2 rings (SSSR count). The van der Waals surface area contributed by atoms with Gasteiger partial charge < -0.3 is 10.2 Å². The standard InChI is InChI=1S/C16H20BrN3/c1-12-14(10-18-2)7-8-16(19-12)20(3)11-13-5-4-6-15(17)9-13/h4-9,18H,10-11H2,1-3H3. The molecule has 1 aromatic carbocycles. The third kappa shape index (κ3) is 3.81. The van der Waals surface area contributed by atoms with E-state index in [1.807, 2.05) is 13.1 Å². The Morgan fingerprint density at radius 3 is 2.70 bits per heavy atom. The molecule has 1 aromatic heterocycles. The molecule has 0 fully saturated rings. The van der Waals surface area contributed by atoms with Crippen molar-refractivity contribution in [1.82, 2.24) is 10.3 Å². The second-order valence-electron chi connectivity index (χ2n) is 4.93. The number of nitrogens with zero attached hydrogens (tertiary/aromatic N) is 2. The van der Waals surface area contributed by atoms with Crippen LogP contribution >= 0.6 is 15.9 Å². The van der Waals surface area contributed by atoms with Crippen LogP contribution in [-0.2, 0) is 13.1 Å². The topological polar surface area (TPSA) is 28.2 Å². The van der Waals surface area contributed by atoms with Crippen LogP contribution < -0.4 is 10.2 Å². The second kappa shape index (κ2) is 6.86. The molecule has 0 bridgehead atoms. The van der Waals surface area contributed by atoms with Gasteiger partial charge in [0, 0.05) is 30.3 Å². The maximum absolute atomic E-state index is 4.68. The Labute approximate surface area is 129 Å². The van der Waals surface area contributed by atoms with Crippen molar-refractivity contribution >= 4 is 21.7 Å². The SMILES string of the molecule is CNCc1ccc(N(C)Cc2cccc(Br)c2)nc1C. The molecular formula is C16H20BrN3. The molecule has 20 heavy (non-hydrogen) atoms. The summed E-state index contributed by atoms with van der Waals surface area (Å²) in [7, 11) is 4.02. The van der Waals surface area contributed by atoms with E-state index in [4.69, 9.17) is 0 Å². The van der Waals surface area contributed by atoms with Gasteiger partial charge >= 0.3 is 0 Å². The van der Waals surface area contributed by atoms with Crippen molar-refractivity contribution in [1.29, 1.82) is 0 Å². The minimum Gasteiger partial charge on any atom is -0.355 e. The molecule has 0 unspecified atom stereocenters. The number of aromatic nitrogens is 1. The van der Waals surface area contributed by atoms with Crippen LogP contribution in [0.5, 0.6) is 0 Å². The van der Waals surface area contributed by atoms with E-state index in [-0.39, 0.29) is 0 Å². The van der Waals surface area contributed by atoms with Gasteiger partial charge in [-0.1, -0.05) is 34.1 Å². The number of anilines is 1. The number of halogens is 1. The predicted molar refractivity (Wildman–Crippen MR) is 88.0 cm³/mol. The summed E-state index contributed by atoms with van der Waals surface area (Å²) in [5, 5.41) is 3.16.